The molecule has 102 valence electrons. The lowest BCUT2D eigenvalue weighted by atomic mass is 9.83. The maximum atomic E-state index is 13.3. The summed E-state index contributed by atoms with van der Waals surface area (Å²) >= 11 is 3.08. The highest BCUT2D eigenvalue weighted by Gasteiger charge is 2.37. The summed E-state index contributed by atoms with van der Waals surface area (Å²) in [7, 11) is 0. The number of alkyl halides is 2. The van der Waals surface area contributed by atoms with Gasteiger partial charge in [-0.05, 0) is 36.3 Å². The molecule has 1 nitrogen and oxygen atoms in total. The van der Waals surface area contributed by atoms with Crippen LogP contribution in [-0.2, 0) is 0 Å². The lowest BCUT2D eigenvalue weighted by molar-refractivity contribution is -0.0521. The molecule has 3 rings (SSSR count). The normalized spacial score (nSPS) is 22.7. The number of thiophene rings is 2. The average Bonchev–Trinajstić information content (AvgIpc) is 2.86. The Hall–Kier alpha value is -0.810. The molecule has 0 spiro atoms. The minimum atomic E-state index is -2.57. The zero-order valence-electron chi connectivity index (χ0n) is 10.3. The van der Waals surface area contributed by atoms with E-state index in [0.29, 0.717) is 6.42 Å². The van der Waals surface area contributed by atoms with E-state index in [1.165, 1.54) is 11.3 Å². The van der Waals surface area contributed by atoms with Gasteiger partial charge in [0.15, 0.2) is 5.78 Å². The number of carbonyl (C=O) groups excluding carboxylic acids is 1. The van der Waals surface area contributed by atoms with Gasteiger partial charge in [-0.2, -0.15) is 0 Å². The van der Waals surface area contributed by atoms with Gasteiger partial charge >= 0.3 is 0 Å². The molecule has 0 amide bonds. The van der Waals surface area contributed by atoms with E-state index in [0.717, 1.165) is 20.7 Å². The molecule has 5 heteroatoms. The number of ketones is 1. The Labute approximate surface area is 118 Å². The second-order valence-corrected chi connectivity index (χ2v) is 7.24. The van der Waals surface area contributed by atoms with Crippen LogP contribution in [0.25, 0.3) is 9.40 Å². The molecular formula is C14H14F2OS2. The third-order valence-corrected chi connectivity index (χ3v) is 5.76. The van der Waals surface area contributed by atoms with E-state index >= 15 is 0 Å². The van der Waals surface area contributed by atoms with Crippen LogP contribution in [0.5, 0.6) is 0 Å². The number of hydrogen-bond acceptors (Lipinski definition) is 3. The summed E-state index contributed by atoms with van der Waals surface area (Å²) in [5.41, 5.74) is 0. The van der Waals surface area contributed by atoms with Crippen LogP contribution in [0.15, 0.2) is 17.5 Å². The topological polar surface area (TPSA) is 17.1 Å². The lowest BCUT2D eigenvalue weighted by Crippen LogP contribution is -2.27. The molecule has 1 atom stereocenters. The summed E-state index contributed by atoms with van der Waals surface area (Å²) in [6, 6.07) is 3.89. The number of rotatable bonds is 3. The summed E-state index contributed by atoms with van der Waals surface area (Å²) in [4.78, 5) is 12.9. The molecule has 0 N–H and O–H groups in total. The number of fused-ring (bicyclic) bond motifs is 1. The van der Waals surface area contributed by atoms with E-state index in [1.807, 2.05) is 17.5 Å². The zero-order chi connectivity index (χ0) is 13.5. The summed E-state index contributed by atoms with van der Waals surface area (Å²) in [5, 5.41) is 2.00. The van der Waals surface area contributed by atoms with Crippen molar-refractivity contribution in [3.8, 4) is 0 Å². The minimum Gasteiger partial charge on any atom is -0.293 e. The van der Waals surface area contributed by atoms with E-state index in [2.05, 4.69) is 0 Å². The molecule has 19 heavy (non-hydrogen) atoms. The first-order chi connectivity index (χ1) is 9.03. The summed E-state index contributed by atoms with van der Waals surface area (Å²) < 4.78 is 28.9. The molecule has 0 saturated heterocycles. The van der Waals surface area contributed by atoms with E-state index in [-0.39, 0.29) is 31.0 Å². The highest BCUT2D eigenvalue weighted by Crippen LogP contribution is 2.39. The van der Waals surface area contributed by atoms with Gasteiger partial charge in [0.05, 0.1) is 4.88 Å². The fourth-order valence-corrected chi connectivity index (χ4v) is 4.77. The second-order valence-electron chi connectivity index (χ2n) is 5.21. The first-order valence-electron chi connectivity index (χ1n) is 6.41. The van der Waals surface area contributed by atoms with Crippen molar-refractivity contribution in [2.24, 2.45) is 5.92 Å². The first-order valence-corrected chi connectivity index (χ1v) is 8.11. The Morgan fingerprint density at radius 2 is 2.26 bits per heavy atom. The van der Waals surface area contributed by atoms with Gasteiger partial charge < -0.3 is 0 Å². The van der Waals surface area contributed by atoms with Crippen molar-refractivity contribution in [3.05, 3.63) is 22.4 Å². The fourth-order valence-electron chi connectivity index (χ4n) is 2.72. The van der Waals surface area contributed by atoms with Gasteiger partial charge in [-0.15, -0.1) is 22.7 Å². The maximum absolute atomic E-state index is 13.3. The Bertz CT molecular complexity index is 571. The van der Waals surface area contributed by atoms with Crippen LogP contribution in [0.4, 0.5) is 8.78 Å². The SMILES string of the molecule is O=C(CC1CCCC(F)(F)C1)c1cc2sccc2s1. The molecule has 0 bridgehead atoms. The highest BCUT2D eigenvalue weighted by molar-refractivity contribution is 7.27. The zero-order valence-corrected chi connectivity index (χ0v) is 12.0. The van der Waals surface area contributed by atoms with Crippen LogP contribution >= 0.6 is 22.7 Å². The number of Topliss-reactive ketones (excluding diaryl/α,β-unsaturated/α-hetero) is 1. The smallest absolute Gasteiger partial charge is 0.248 e. The highest BCUT2D eigenvalue weighted by atomic mass is 32.1. The minimum absolute atomic E-state index is 0.0214. The predicted octanol–water partition coefficient (Wildman–Crippen LogP) is 5.36. The molecule has 0 aromatic carbocycles. The van der Waals surface area contributed by atoms with Crippen molar-refractivity contribution in [1.29, 1.82) is 0 Å². The third kappa shape index (κ3) is 2.87. The summed E-state index contributed by atoms with van der Waals surface area (Å²) in [6.45, 7) is 0. The van der Waals surface area contributed by atoms with E-state index in [4.69, 9.17) is 0 Å². The molecule has 1 aliphatic rings. The van der Waals surface area contributed by atoms with Crippen molar-refractivity contribution in [1.82, 2.24) is 0 Å². The molecule has 2 aromatic heterocycles. The standard InChI is InChI=1S/C14H14F2OS2/c15-14(16)4-1-2-9(8-14)6-10(17)12-7-13-11(19-12)3-5-18-13/h3,5,7,9H,1-2,4,6,8H2. The molecular weight excluding hydrogens is 286 g/mol. The predicted molar refractivity (Wildman–Crippen MR) is 75.6 cm³/mol. The molecule has 2 heterocycles. The van der Waals surface area contributed by atoms with E-state index in [1.54, 1.807) is 11.3 Å². The van der Waals surface area contributed by atoms with Gasteiger partial charge in [-0.3, -0.25) is 4.79 Å². The average molecular weight is 300 g/mol. The number of carbonyl (C=O) groups is 1. The van der Waals surface area contributed by atoms with Gasteiger partial charge in [0.1, 0.15) is 0 Å². The first kappa shape index (κ1) is 13.2. The van der Waals surface area contributed by atoms with Crippen molar-refractivity contribution in [3.63, 3.8) is 0 Å². The fraction of sp³-hybridized carbons (Fsp3) is 0.500. The molecule has 0 radical (unpaired) electrons. The summed E-state index contributed by atoms with van der Waals surface area (Å²) in [6.07, 6.45) is 1.40. The van der Waals surface area contributed by atoms with Crippen LogP contribution in [0.2, 0.25) is 0 Å². The van der Waals surface area contributed by atoms with Crippen LogP contribution in [0.3, 0.4) is 0 Å². The van der Waals surface area contributed by atoms with Gasteiger partial charge in [0.25, 0.3) is 0 Å². The second kappa shape index (κ2) is 4.94. The monoisotopic (exact) mass is 300 g/mol. The van der Waals surface area contributed by atoms with Crippen LogP contribution < -0.4 is 0 Å². The van der Waals surface area contributed by atoms with Crippen molar-refractivity contribution < 1.29 is 13.6 Å². The van der Waals surface area contributed by atoms with Crippen molar-refractivity contribution >= 4 is 37.9 Å². The van der Waals surface area contributed by atoms with Crippen LogP contribution in [0, 0.1) is 5.92 Å². The molecule has 1 unspecified atom stereocenters. The van der Waals surface area contributed by atoms with E-state index in [9.17, 15) is 13.6 Å². The largest absolute Gasteiger partial charge is 0.293 e. The quantitative estimate of drug-likeness (QED) is 0.697. The Kier molecular flexibility index (Phi) is 3.43. The van der Waals surface area contributed by atoms with Gasteiger partial charge in [0.2, 0.25) is 5.92 Å². The van der Waals surface area contributed by atoms with Gasteiger partial charge in [-0.25, -0.2) is 8.78 Å². The Balaban J connectivity index is 1.69. The number of halogens is 2. The van der Waals surface area contributed by atoms with Crippen molar-refractivity contribution in [2.45, 2.75) is 38.0 Å². The molecule has 0 aliphatic heterocycles. The molecule has 1 saturated carbocycles. The maximum Gasteiger partial charge on any atom is 0.248 e. The Morgan fingerprint density at radius 3 is 3.00 bits per heavy atom. The molecule has 2 aromatic rings. The van der Waals surface area contributed by atoms with Gasteiger partial charge in [-0.1, -0.05) is 0 Å². The lowest BCUT2D eigenvalue weighted by Gasteiger charge is -2.28. The van der Waals surface area contributed by atoms with Crippen LogP contribution in [0.1, 0.15) is 41.8 Å². The summed E-state index contributed by atoms with van der Waals surface area (Å²) in [5.74, 6) is -2.70. The Morgan fingerprint density at radius 1 is 1.42 bits per heavy atom. The third-order valence-electron chi connectivity index (χ3n) is 3.63. The van der Waals surface area contributed by atoms with E-state index < -0.39 is 5.92 Å². The molecule has 1 aliphatic carbocycles. The number of hydrogen-bond donors (Lipinski definition) is 0. The van der Waals surface area contributed by atoms with Crippen LogP contribution in [-0.4, -0.2) is 11.7 Å². The molecule has 1 fully saturated rings. The van der Waals surface area contributed by atoms with Gasteiger partial charge in [0, 0.05) is 28.7 Å². The van der Waals surface area contributed by atoms with Crippen molar-refractivity contribution in [2.75, 3.05) is 0 Å².